The number of pyridine rings is 1. The Morgan fingerprint density at radius 1 is 1.07 bits per heavy atom. The fraction of sp³-hybridized carbons (Fsp3) is 0.421. The summed E-state index contributed by atoms with van der Waals surface area (Å²) in [6.45, 7) is 1.46. The zero-order chi connectivity index (χ0) is 20.9. The van der Waals surface area contributed by atoms with Gasteiger partial charge in [0.1, 0.15) is 10.0 Å². The van der Waals surface area contributed by atoms with E-state index in [9.17, 15) is 9.59 Å². The second-order valence-corrected chi connectivity index (χ2v) is 9.32. The lowest BCUT2D eigenvalue weighted by atomic mass is 10.0. The van der Waals surface area contributed by atoms with Crippen LogP contribution < -0.4 is 10.6 Å². The van der Waals surface area contributed by atoms with Gasteiger partial charge in [0, 0.05) is 31.2 Å². The molecule has 0 aliphatic heterocycles. The smallest absolute Gasteiger partial charge is 0.232 e. The lowest BCUT2D eigenvalue weighted by Crippen LogP contribution is -2.14. The predicted octanol–water partition coefficient (Wildman–Crippen LogP) is 3.05. The SMILES string of the molecule is CC(=O)Nc1nnc(C2CC[C@H](Cc3nnc(NC(=O)Cc4ccccn4)s3)C2)s1. The maximum atomic E-state index is 12.2. The quantitative estimate of drug-likeness (QED) is 0.575. The first-order valence-electron chi connectivity index (χ1n) is 9.68. The van der Waals surface area contributed by atoms with Gasteiger partial charge >= 0.3 is 0 Å². The second kappa shape index (κ2) is 9.35. The van der Waals surface area contributed by atoms with E-state index in [2.05, 4.69) is 36.0 Å². The summed E-state index contributed by atoms with van der Waals surface area (Å²) in [7, 11) is 0. The van der Waals surface area contributed by atoms with Crippen molar-refractivity contribution in [2.75, 3.05) is 10.6 Å². The highest BCUT2D eigenvalue weighted by molar-refractivity contribution is 7.15. The first-order chi connectivity index (χ1) is 14.5. The minimum atomic E-state index is -0.149. The Hall–Kier alpha value is -2.79. The Balaban J connectivity index is 1.27. The lowest BCUT2D eigenvalue weighted by Gasteiger charge is -2.06. The Labute approximate surface area is 181 Å². The normalized spacial score (nSPS) is 18.3. The van der Waals surface area contributed by atoms with E-state index in [1.165, 1.54) is 29.6 Å². The van der Waals surface area contributed by atoms with Crippen molar-refractivity contribution >= 4 is 44.8 Å². The molecular weight excluding hydrogens is 422 g/mol. The van der Waals surface area contributed by atoms with Crippen LogP contribution in [0, 0.1) is 5.92 Å². The van der Waals surface area contributed by atoms with Crippen molar-refractivity contribution < 1.29 is 9.59 Å². The third-order valence-electron chi connectivity index (χ3n) is 4.86. The van der Waals surface area contributed by atoms with Gasteiger partial charge in [-0.25, -0.2) is 0 Å². The van der Waals surface area contributed by atoms with Crippen molar-refractivity contribution in [1.82, 2.24) is 25.4 Å². The topological polar surface area (TPSA) is 123 Å². The molecule has 0 aromatic carbocycles. The number of nitrogens with zero attached hydrogens (tertiary/aromatic N) is 5. The van der Waals surface area contributed by atoms with Crippen LogP contribution in [0.1, 0.15) is 47.8 Å². The van der Waals surface area contributed by atoms with Crippen LogP contribution in [0.25, 0.3) is 0 Å². The largest absolute Gasteiger partial charge is 0.301 e. The number of carbonyl (C=O) groups excluding carboxylic acids is 2. The Morgan fingerprint density at radius 2 is 1.90 bits per heavy atom. The molecule has 2 N–H and O–H groups in total. The standard InChI is InChI=1S/C19H21N7O2S2/c1-11(27)21-18-26-24-17(30-18)13-6-5-12(8-13)9-16-23-25-19(29-16)22-15(28)10-14-4-2-3-7-20-14/h2-4,7,12-13H,5-6,8-10H2,1H3,(H,21,26,27)(H,22,25,28)/t12-,13?/m0/s1. The van der Waals surface area contributed by atoms with Gasteiger partial charge in [-0.1, -0.05) is 28.7 Å². The number of hydrogen-bond donors (Lipinski definition) is 2. The third kappa shape index (κ3) is 5.42. The lowest BCUT2D eigenvalue weighted by molar-refractivity contribution is -0.116. The summed E-state index contributed by atoms with van der Waals surface area (Å²) in [4.78, 5) is 27.5. The second-order valence-electron chi connectivity index (χ2n) is 7.25. The summed E-state index contributed by atoms with van der Waals surface area (Å²) in [5, 5.41) is 25.1. The van der Waals surface area contributed by atoms with E-state index in [-0.39, 0.29) is 18.2 Å². The zero-order valence-corrected chi connectivity index (χ0v) is 18.0. The van der Waals surface area contributed by atoms with E-state index >= 15 is 0 Å². The minimum Gasteiger partial charge on any atom is -0.301 e. The van der Waals surface area contributed by atoms with Gasteiger partial charge in [0.05, 0.1) is 6.42 Å². The molecule has 0 spiro atoms. The molecule has 156 valence electrons. The Kier molecular flexibility index (Phi) is 6.38. The molecule has 0 saturated heterocycles. The Morgan fingerprint density at radius 3 is 2.70 bits per heavy atom. The van der Waals surface area contributed by atoms with Crippen LogP contribution in [0.15, 0.2) is 24.4 Å². The van der Waals surface area contributed by atoms with E-state index in [4.69, 9.17) is 0 Å². The first kappa shape index (κ1) is 20.5. The molecule has 1 unspecified atom stereocenters. The molecule has 1 saturated carbocycles. The van der Waals surface area contributed by atoms with Crippen molar-refractivity contribution in [3.63, 3.8) is 0 Å². The molecule has 0 radical (unpaired) electrons. The highest BCUT2D eigenvalue weighted by atomic mass is 32.1. The van der Waals surface area contributed by atoms with Crippen molar-refractivity contribution in [2.24, 2.45) is 5.92 Å². The number of rotatable bonds is 7. The first-order valence-corrected chi connectivity index (χ1v) is 11.3. The summed E-state index contributed by atoms with van der Waals surface area (Å²) in [5.74, 6) is 0.568. The molecule has 4 rings (SSSR count). The van der Waals surface area contributed by atoms with E-state index in [1.54, 1.807) is 6.20 Å². The average Bonchev–Trinajstić information content (AvgIpc) is 3.44. The van der Waals surface area contributed by atoms with Crippen molar-refractivity contribution in [3.05, 3.63) is 40.1 Å². The van der Waals surface area contributed by atoms with Gasteiger partial charge in [0.25, 0.3) is 0 Å². The van der Waals surface area contributed by atoms with Gasteiger partial charge in [0.2, 0.25) is 22.1 Å². The van der Waals surface area contributed by atoms with Crippen LogP contribution in [0.3, 0.4) is 0 Å². The number of hydrogen-bond acceptors (Lipinski definition) is 9. The van der Waals surface area contributed by atoms with Gasteiger partial charge in [-0.05, 0) is 37.3 Å². The molecule has 1 aliphatic carbocycles. The Bertz CT molecular complexity index is 1020. The van der Waals surface area contributed by atoms with Gasteiger partial charge in [-0.3, -0.25) is 14.6 Å². The number of amides is 2. The van der Waals surface area contributed by atoms with E-state index < -0.39 is 0 Å². The number of anilines is 2. The highest BCUT2D eigenvalue weighted by Crippen LogP contribution is 2.41. The van der Waals surface area contributed by atoms with E-state index in [0.717, 1.165) is 41.4 Å². The van der Waals surface area contributed by atoms with Crippen LogP contribution >= 0.6 is 22.7 Å². The number of carbonyl (C=O) groups is 2. The van der Waals surface area contributed by atoms with E-state index in [1.807, 2.05) is 18.2 Å². The summed E-state index contributed by atoms with van der Waals surface area (Å²) in [6, 6.07) is 5.49. The van der Waals surface area contributed by atoms with Gasteiger partial charge in [0.15, 0.2) is 0 Å². The van der Waals surface area contributed by atoms with Crippen molar-refractivity contribution in [3.8, 4) is 0 Å². The molecule has 1 fully saturated rings. The summed E-state index contributed by atoms with van der Waals surface area (Å²) >= 11 is 2.87. The predicted molar refractivity (Wildman–Crippen MR) is 114 cm³/mol. The van der Waals surface area contributed by atoms with E-state index in [0.29, 0.717) is 22.1 Å². The van der Waals surface area contributed by atoms with Crippen LogP contribution in [0.5, 0.6) is 0 Å². The van der Waals surface area contributed by atoms with Crippen molar-refractivity contribution in [2.45, 2.75) is 44.9 Å². The van der Waals surface area contributed by atoms with Gasteiger partial charge in [-0.2, -0.15) is 0 Å². The number of nitrogens with one attached hydrogen (secondary N) is 2. The monoisotopic (exact) mass is 443 g/mol. The fourth-order valence-corrected chi connectivity index (χ4v) is 5.36. The zero-order valence-electron chi connectivity index (χ0n) is 16.4. The molecule has 3 aromatic heterocycles. The maximum Gasteiger partial charge on any atom is 0.232 e. The molecule has 2 atom stereocenters. The third-order valence-corrected chi connectivity index (χ3v) is 6.72. The minimum absolute atomic E-state index is 0.138. The fourth-order valence-electron chi connectivity index (χ4n) is 3.55. The molecular formula is C19H21N7O2S2. The number of aromatic nitrogens is 5. The van der Waals surface area contributed by atoms with Crippen LogP contribution in [-0.2, 0) is 22.4 Å². The molecule has 0 bridgehead atoms. The molecule has 2 amide bonds. The van der Waals surface area contributed by atoms with Crippen molar-refractivity contribution in [1.29, 1.82) is 0 Å². The summed E-state index contributed by atoms with van der Waals surface area (Å²) in [5.41, 5.74) is 0.718. The van der Waals surface area contributed by atoms with Crippen LogP contribution in [-0.4, -0.2) is 37.2 Å². The van der Waals surface area contributed by atoms with Gasteiger partial charge < -0.3 is 10.6 Å². The molecule has 9 nitrogen and oxygen atoms in total. The van der Waals surface area contributed by atoms with Crippen LogP contribution in [0.4, 0.5) is 10.3 Å². The molecule has 3 heterocycles. The average molecular weight is 444 g/mol. The van der Waals surface area contributed by atoms with Gasteiger partial charge in [-0.15, -0.1) is 20.4 Å². The molecule has 30 heavy (non-hydrogen) atoms. The summed E-state index contributed by atoms with van der Waals surface area (Å²) in [6.07, 6.45) is 5.86. The van der Waals surface area contributed by atoms with Crippen LogP contribution in [0.2, 0.25) is 0 Å². The molecule has 11 heteroatoms. The maximum absolute atomic E-state index is 12.2. The highest BCUT2D eigenvalue weighted by Gasteiger charge is 2.29. The summed E-state index contributed by atoms with van der Waals surface area (Å²) < 4.78 is 0. The molecule has 3 aromatic rings. The molecule has 1 aliphatic rings.